The van der Waals surface area contributed by atoms with Gasteiger partial charge in [-0.3, -0.25) is 0 Å². The lowest BCUT2D eigenvalue weighted by atomic mass is 9.96. The summed E-state index contributed by atoms with van der Waals surface area (Å²) >= 11 is 15.2. The number of allylic oxidation sites excluding steroid dienone is 1. The van der Waals surface area contributed by atoms with Crippen LogP contribution in [0.25, 0.3) is 36.1 Å². The first-order chi connectivity index (χ1) is 19.1. The van der Waals surface area contributed by atoms with Gasteiger partial charge in [-0.1, -0.05) is 95.6 Å². The molecular formula is C31H25S8. The van der Waals surface area contributed by atoms with Gasteiger partial charge < -0.3 is 0 Å². The molecule has 0 unspecified atom stereocenters. The van der Waals surface area contributed by atoms with Crippen molar-refractivity contribution in [1.29, 1.82) is 0 Å². The highest BCUT2D eigenvalue weighted by Gasteiger charge is 2.25. The average molecular weight is 654 g/mol. The van der Waals surface area contributed by atoms with Crippen molar-refractivity contribution in [2.24, 2.45) is 0 Å². The molecule has 3 aliphatic rings. The fourth-order valence-corrected chi connectivity index (χ4v) is 14.9. The summed E-state index contributed by atoms with van der Waals surface area (Å²) in [6, 6.07) is 16.1. The predicted octanol–water partition coefficient (Wildman–Crippen LogP) is 10.2. The lowest BCUT2D eigenvalue weighted by Gasteiger charge is -2.12. The smallest absolute Gasteiger partial charge is 0.0657 e. The highest BCUT2D eigenvalue weighted by atomic mass is 32.3. The molecule has 0 bridgehead atoms. The molecule has 3 aromatic rings. The number of hydrogen-bond acceptors (Lipinski definition) is 8. The Balaban J connectivity index is 1.66. The molecule has 2 aliphatic heterocycles. The van der Waals surface area contributed by atoms with Gasteiger partial charge in [0, 0.05) is 16.4 Å². The first kappa shape index (κ1) is 29.0. The Kier molecular flexibility index (Phi) is 9.73. The van der Waals surface area contributed by atoms with Gasteiger partial charge in [0.15, 0.2) is 0 Å². The van der Waals surface area contributed by atoms with Gasteiger partial charge in [-0.2, -0.15) is 0 Å². The fourth-order valence-electron chi connectivity index (χ4n) is 4.68. The quantitative estimate of drug-likeness (QED) is 0.238. The molecule has 6 rings (SSSR count). The van der Waals surface area contributed by atoms with Crippen molar-refractivity contribution in [2.75, 3.05) is 25.0 Å². The van der Waals surface area contributed by atoms with Crippen molar-refractivity contribution >= 4 is 130 Å². The molecule has 197 valence electrons. The van der Waals surface area contributed by atoms with Crippen LogP contribution in [0.2, 0.25) is 0 Å². The van der Waals surface area contributed by atoms with Crippen molar-refractivity contribution in [1.82, 2.24) is 0 Å². The molecule has 0 amide bonds. The molecular weight excluding hydrogens is 629 g/mol. The van der Waals surface area contributed by atoms with E-state index >= 15 is 0 Å². The Morgan fingerprint density at radius 3 is 1.49 bits per heavy atom. The maximum atomic E-state index is 2.41. The highest BCUT2D eigenvalue weighted by molar-refractivity contribution is 8.46. The molecule has 3 aromatic carbocycles. The van der Waals surface area contributed by atoms with Gasteiger partial charge in [-0.05, 0) is 83.9 Å². The average Bonchev–Trinajstić information content (AvgIpc) is 3.74. The minimum absolute atomic E-state index is 1.23. The molecule has 0 atom stereocenters. The summed E-state index contributed by atoms with van der Waals surface area (Å²) in [5.41, 5.74) is 1.23. The van der Waals surface area contributed by atoms with E-state index in [9.17, 15) is 0 Å². The number of hydrogen-bond donors (Lipinski definition) is 0. The van der Waals surface area contributed by atoms with E-state index in [1.807, 2.05) is 94.1 Å². The molecule has 39 heavy (non-hydrogen) atoms. The van der Waals surface area contributed by atoms with Gasteiger partial charge in [0.2, 0.25) is 0 Å². The van der Waals surface area contributed by atoms with Crippen molar-refractivity contribution in [3.63, 3.8) is 0 Å². The van der Waals surface area contributed by atoms with Crippen molar-refractivity contribution in [2.45, 2.75) is 0 Å². The van der Waals surface area contributed by atoms with Crippen LogP contribution >= 0.6 is 94.1 Å². The first-order valence-corrected chi connectivity index (χ1v) is 20.3. The molecule has 1 aliphatic carbocycles. The second-order valence-electron chi connectivity index (χ2n) is 8.60. The minimum Gasteiger partial charge on any atom is -0.121 e. The summed E-state index contributed by atoms with van der Waals surface area (Å²) in [5.74, 6) is 1.24. The van der Waals surface area contributed by atoms with Crippen LogP contribution in [0.15, 0.2) is 65.5 Å². The summed E-state index contributed by atoms with van der Waals surface area (Å²) in [7, 11) is 0. The fraction of sp³-hybridized carbons (Fsp3) is 0.129. The van der Waals surface area contributed by atoms with E-state index < -0.39 is 0 Å². The number of benzene rings is 3. The maximum absolute atomic E-state index is 2.41. The first-order valence-electron chi connectivity index (χ1n) is 12.1. The van der Waals surface area contributed by atoms with Crippen molar-refractivity contribution < 1.29 is 0 Å². The molecule has 0 aromatic heterocycles. The van der Waals surface area contributed by atoms with E-state index in [0.29, 0.717) is 0 Å². The van der Waals surface area contributed by atoms with Gasteiger partial charge in [-0.15, -0.1) is 47.0 Å². The summed E-state index contributed by atoms with van der Waals surface area (Å²) < 4.78 is 8.41. The Labute approximate surface area is 266 Å². The molecule has 5 radical (unpaired) electrons. The zero-order valence-corrected chi connectivity index (χ0v) is 28.3. The van der Waals surface area contributed by atoms with Gasteiger partial charge in [0.25, 0.3) is 0 Å². The van der Waals surface area contributed by atoms with Crippen LogP contribution in [-0.2, 0) is 0 Å². The summed E-state index contributed by atoms with van der Waals surface area (Å²) in [6.07, 6.45) is 21.7. The topological polar surface area (TPSA) is 0 Å². The molecule has 0 spiro atoms. The third kappa shape index (κ3) is 5.80. The lowest BCUT2D eigenvalue weighted by molar-refractivity contribution is 1.39. The molecule has 0 N–H and O–H groups in total. The molecule has 1 fully saturated rings. The van der Waals surface area contributed by atoms with E-state index in [1.165, 1.54) is 68.9 Å². The Hall–Kier alpha value is -0.0600. The maximum Gasteiger partial charge on any atom is 0.0657 e. The van der Waals surface area contributed by atoms with Crippen LogP contribution < -0.4 is 10.4 Å². The third-order valence-electron chi connectivity index (χ3n) is 6.43. The van der Waals surface area contributed by atoms with E-state index in [0.717, 1.165) is 0 Å². The monoisotopic (exact) mass is 653 g/mol. The van der Waals surface area contributed by atoms with Crippen molar-refractivity contribution in [3.05, 3.63) is 113 Å². The lowest BCUT2D eigenvalue weighted by Crippen LogP contribution is -2.17. The Morgan fingerprint density at radius 2 is 1.00 bits per heavy atom. The Morgan fingerprint density at radius 1 is 0.538 bits per heavy atom. The zero-order valence-electron chi connectivity index (χ0n) is 21.8. The van der Waals surface area contributed by atoms with E-state index in [1.54, 1.807) is 0 Å². The normalized spacial score (nSPS) is 18.9. The summed E-state index contributed by atoms with van der Waals surface area (Å²) in [6.45, 7) is 0. The van der Waals surface area contributed by atoms with Crippen molar-refractivity contribution in [3.8, 4) is 0 Å². The molecule has 0 saturated heterocycles. The summed E-state index contributed by atoms with van der Waals surface area (Å²) in [5, 5.41) is 8.10. The largest absolute Gasteiger partial charge is 0.121 e. The van der Waals surface area contributed by atoms with Gasteiger partial charge in [-0.25, -0.2) is 0 Å². The van der Waals surface area contributed by atoms with Gasteiger partial charge in [0.1, 0.15) is 0 Å². The number of thioether (sulfide) groups is 8. The molecule has 8 heteroatoms. The molecule has 2 heterocycles. The summed E-state index contributed by atoms with van der Waals surface area (Å²) in [4.78, 5) is 0. The van der Waals surface area contributed by atoms with Crippen LogP contribution in [0.5, 0.6) is 0 Å². The van der Waals surface area contributed by atoms with E-state index in [4.69, 9.17) is 0 Å². The third-order valence-corrected chi connectivity index (χ3v) is 16.9. The predicted molar refractivity (Wildman–Crippen MR) is 195 cm³/mol. The molecule has 1 saturated carbocycles. The SMILES string of the molecule is CSC1=C(SC)SC(=c2c3ccccc3c(=C3SC(SC)=C(SC)S3)c3cc(/C=C/[C]4[CH][CH][CH][CH]4)ccc23)S1. The van der Waals surface area contributed by atoms with Crippen LogP contribution in [0.1, 0.15) is 5.56 Å². The minimum atomic E-state index is 1.23. The Bertz CT molecular complexity index is 1620. The number of rotatable bonds is 6. The number of fused-ring (bicyclic) bond motifs is 2. The zero-order chi connectivity index (χ0) is 26.9. The van der Waals surface area contributed by atoms with Gasteiger partial charge in [0.05, 0.1) is 25.4 Å². The van der Waals surface area contributed by atoms with Crippen LogP contribution in [0, 0.1) is 31.6 Å². The van der Waals surface area contributed by atoms with E-state index in [2.05, 4.69) is 105 Å². The van der Waals surface area contributed by atoms with Crippen LogP contribution in [-0.4, -0.2) is 25.0 Å². The second kappa shape index (κ2) is 13.1. The molecule has 0 nitrogen and oxygen atoms in total. The second-order valence-corrected chi connectivity index (χ2v) is 17.5. The van der Waals surface area contributed by atoms with Crippen LogP contribution in [0.3, 0.4) is 0 Å². The van der Waals surface area contributed by atoms with Gasteiger partial charge >= 0.3 is 0 Å². The standard InChI is InChI=1S/C31H25S8/c1-32-28-29(33-2)37-26(36-28)24-20-11-7-8-12-21(20)25(27-38-30(34-3)31(35-4)39-27)23-17-19(15-16-22(23)24)14-13-18-9-5-6-10-18/h5-17H,1-4H3/b14-13+. The van der Waals surface area contributed by atoms with Crippen LogP contribution in [0.4, 0.5) is 0 Å². The highest BCUT2D eigenvalue weighted by Crippen LogP contribution is 2.58. The van der Waals surface area contributed by atoms with E-state index in [-0.39, 0.29) is 0 Å².